The van der Waals surface area contributed by atoms with Crippen LogP contribution in [0, 0.1) is 6.92 Å². The third kappa shape index (κ3) is 5.09. The van der Waals surface area contributed by atoms with Gasteiger partial charge in [0.05, 0.1) is 14.1 Å². The number of aromatic nitrogens is 2. The number of phosphoric ester groups is 1. The van der Waals surface area contributed by atoms with E-state index in [1.165, 1.54) is 5.82 Å². The van der Waals surface area contributed by atoms with Crippen LogP contribution in [-0.4, -0.2) is 18.8 Å². The molecule has 1 aromatic rings. The molecule has 0 aliphatic carbocycles. The van der Waals surface area contributed by atoms with Crippen LogP contribution in [0.1, 0.15) is 5.82 Å². The van der Waals surface area contributed by atoms with Gasteiger partial charge in [-0.05, 0) is 0 Å². The van der Waals surface area contributed by atoms with Gasteiger partial charge in [-0.3, -0.25) is 4.57 Å². The van der Waals surface area contributed by atoms with Crippen molar-refractivity contribution in [2.75, 3.05) is 14.2 Å². The molecule has 1 rings (SSSR count). The van der Waals surface area contributed by atoms with E-state index in [2.05, 4.69) is 25.1 Å². The lowest BCUT2D eigenvalue weighted by molar-refractivity contribution is -0.677. The minimum Gasteiger partial charge on any atom is -0.756 e. The number of nitrogens with zero attached hydrogens (tertiary/aromatic N) is 2. The highest BCUT2D eigenvalue weighted by atomic mass is 31.2. The second kappa shape index (κ2) is 6.02. The molecule has 0 unspecified atom stereocenters. The van der Waals surface area contributed by atoms with Crippen LogP contribution in [0.5, 0.6) is 0 Å². The SMILES string of the molecule is COP(=O)([O-])OC.Cc1n(C)cc[n+]1C. The molecular formula is C8H17N2O4P. The highest BCUT2D eigenvalue weighted by Crippen LogP contribution is 2.34. The predicted octanol–water partition coefficient (Wildman–Crippen LogP) is -0.0944. The maximum absolute atomic E-state index is 9.95. The molecule has 0 bridgehead atoms. The molecule has 15 heavy (non-hydrogen) atoms. The van der Waals surface area contributed by atoms with Crippen LogP contribution >= 0.6 is 7.82 Å². The average molecular weight is 236 g/mol. The lowest BCUT2D eigenvalue weighted by Gasteiger charge is -2.16. The van der Waals surface area contributed by atoms with E-state index < -0.39 is 7.82 Å². The van der Waals surface area contributed by atoms with Crippen molar-refractivity contribution in [2.24, 2.45) is 14.1 Å². The summed E-state index contributed by atoms with van der Waals surface area (Å²) in [5.41, 5.74) is 0. The van der Waals surface area contributed by atoms with E-state index >= 15 is 0 Å². The molecule has 0 spiro atoms. The Morgan fingerprint density at radius 1 is 1.47 bits per heavy atom. The van der Waals surface area contributed by atoms with Gasteiger partial charge in [-0.15, -0.1) is 0 Å². The van der Waals surface area contributed by atoms with E-state index in [1.807, 2.05) is 26.5 Å². The molecule has 0 N–H and O–H groups in total. The Hall–Kier alpha value is -0.680. The fourth-order valence-electron chi connectivity index (χ4n) is 0.739. The van der Waals surface area contributed by atoms with E-state index in [-0.39, 0.29) is 0 Å². The second-order valence-corrected chi connectivity index (χ2v) is 4.50. The number of phosphoric acid groups is 1. The van der Waals surface area contributed by atoms with Crippen LogP contribution in [0.25, 0.3) is 0 Å². The third-order valence-corrected chi connectivity index (χ3v) is 2.88. The molecule has 0 saturated carbocycles. The van der Waals surface area contributed by atoms with Crippen LogP contribution in [0.3, 0.4) is 0 Å². The van der Waals surface area contributed by atoms with Crippen LogP contribution in [0.4, 0.5) is 0 Å². The Kier molecular flexibility index (Phi) is 5.75. The van der Waals surface area contributed by atoms with Crippen LogP contribution < -0.4 is 9.46 Å². The van der Waals surface area contributed by atoms with Gasteiger partial charge < -0.3 is 13.9 Å². The van der Waals surface area contributed by atoms with Gasteiger partial charge in [-0.25, -0.2) is 9.13 Å². The summed E-state index contributed by atoms with van der Waals surface area (Å²) in [4.78, 5) is 9.95. The first kappa shape index (κ1) is 14.3. The number of hydrogen-bond donors (Lipinski definition) is 0. The molecule has 0 aromatic carbocycles. The lowest BCUT2D eigenvalue weighted by atomic mass is 10.7. The summed E-state index contributed by atoms with van der Waals surface area (Å²) >= 11 is 0. The maximum atomic E-state index is 9.95. The zero-order valence-electron chi connectivity index (χ0n) is 9.63. The van der Waals surface area contributed by atoms with Gasteiger partial charge in [0.1, 0.15) is 12.4 Å². The van der Waals surface area contributed by atoms with Gasteiger partial charge in [0.25, 0.3) is 13.6 Å². The monoisotopic (exact) mass is 236 g/mol. The summed E-state index contributed by atoms with van der Waals surface area (Å²) in [5.74, 6) is 1.27. The van der Waals surface area contributed by atoms with Crippen molar-refractivity contribution >= 4 is 7.82 Å². The second-order valence-electron chi connectivity index (χ2n) is 2.88. The maximum Gasteiger partial charge on any atom is 0.267 e. The Labute approximate surface area is 89.7 Å². The molecular weight excluding hydrogens is 219 g/mol. The van der Waals surface area contributed by atoms with Gasteiger partial charge in [0.15, 0.2) is 0 Å². The molecule has 1 aromatic heterocycles. The molecule has 0 amide bonds. The molecule has 6 nitrogen and oxygen atoms in total. The Morgan fingerprint density at radius 3 is 2.00 bits per heavy atom. The molecule has 0 atom stereocenters. The summed E-state index contributed by atoms with van der Waals surface area (Å²) in [5, 5.41) is 0. The van der Waals surface area contributed by atoms with Crippen LogP contribution in [0.15, 0.2) is 12.4 Å². The number of hydrogen-bond acceptors (Lipinski definition) is 4. The number of aryl methyl sites for hydroxylation is 2. The predicted molar refractivity (Wildman–Crippen MR) is 53.0 cm³/mol. The first-order valence-electron chi connectivity index (χ1n) is 4.24. The number of rotatable bonds is 2. The summed E-state index contributed by atoms with van der Waals surface area (Å²) < 4.78 is 21.8. The third-order valence-electron chi connectivity index (χ3n) is 1.98. The Morgan fingerprint density at radius 2 is 1.93 bits per heavy atom. The fourth-order valence-corrected chi connectivity index (χ4v) is 0.888. The van der Waals surface area contributed by atoms with Gasteiger partial charge in [-0.2, -0.15) is 0 Å². The zero-order valence-corrected chi connectivity index (χ0v) is 10.5. The normalized spacial score (nSPS) is 10.8. The minimum absolute atomic E-state index is 1.04. The quantitative estimate of drug-likeness (QED) is 0.531. The topological polar surface area (TPSA) is 67.4 Å². The molecule has 88 valence electrons. The van der Waals surface area contributed by atoms with E-state index in [9.17, 15) is 9.46 Å². The minimum atomic E-state index is -3.90. The molecule has 0 aliphatic heterocycles. The van der Waals surface area contributed by atoms with Crippen molar-refractivity contribution in [3.05, 3.63) is 18.2 Å². The Balaban J connectivity index is 0.000000265. The van der Waals surface area contributed by atoms with Gasteiger partial charge in [-0.1, -0.05) is 0 Å². The largest absolute Gasteiger partial charge is 0.756 e. The molecule has 0 radical (unpaired) electrons. The summed E-state index contributed by atoms with van der Waals surface area (Å²) in [6, 6.07) is 0. The molecule has 7 heteroatoms. The zero-order chi connectivity index (χ0) is 12.1. The molecule has 0 saturated heterocycles. The summed E-state index contributed by atoms with van der Waals surface area (Å²) in [6.45, 7) is 2.08. The molecule has 1 heterocycles. The van der Waals surface area contributed by atoms with Crippen molar-refractivity contribution in [3.8, 4) is 0 Å². The highest BCUT2D eigenvalue weighted by Gasteiger charge is 2.00. The Bertz CT molecular complexity index is 323. The summed E-state index contributed by atoms with van der Waals surface area (Å²) in [7, 11) is 2.25. The smallest absolute Gasteiger partial charge is 0.267 e. The van der Waals surface area contributed by atoms with E-state index in [0.717, 1.165) is 14.2 Å². The standard InChI is InChI=1S/C6H11N2.C2H7O4P/c1-6-7(2)4-5-8(6)3;1-5-7(3,4)6-2/h4-5H,1-3H3;1-2H3,(H,3,4)/q+1;/p-1. The van der Waals surface area contributed by atoms with Gasteiger partial charge in [0, 0.05) is 21.1 Å². The van der Waals surface area contributed by atoms with Crippen LogP contribution in [-0.2, 0) is 27.7 Å². The van der Waals surface area contributed by atoms with Gasteiger partial charge in [0.2, 0.25) is 0 Å². The fraction of sp³-hybridized carbons (Fsp3) is 0.625. The van der Waals surface area contributed by atoms with Crippen molar-refractivity contribution in [3.63, 3.8) is 0 Å². The lowest BCUT2D eigenvalue weighted by Crippen LogP contribution is -2.29. The molecule has 0 aliphatic rings. The van der Waals surface area contributed by atoms with Crippen LogP contribution in [0.2, 0.25) is 0 Å². The van der Waals surface area contributed by atoms with E-state index in [4.69, 9.17) is 0 Å². The van der Waals surface area contributed by atoms with Crippen molar-refractivity contribution in [1.29, 1.82) is 0 Å². The van der Waals surface area contributed by atoms with Crippen molar-refractivity contribution in [1.82, 2.24) is 4.57 Å². The first-order valence-corrected chi connectivity index (χ1v) is 5.70. The average Bonchev–Trinajstić information content (AvgIpc) is 2.51. The molecule has 0 fully saturated rings. The van der Waals surface area contributed by atoms with Crippen molar-refractivity contribution in [2.45, 2.75) is 6.92 Å². The first-order chi connectivity index (χ1) is 6.84. The van der Waals surface area contributed by atoms with Gasteiger partial charge >= 0.3 is 0 Å². The highest BCUT2D eigenvalue weighted by molar-refractivity contribution is 7.45. The number of imidazole rings is 1. The van der Waals surface area contributed by atoms with E-state index in [1.54, 1.807) is 0 Å². The summed E-state index contributed by atoms with van der Waals surface area (Å²) in [6.07, 6.45) is 4.07. The van der Waals surface area contributed by atoms with E-state index in [0.29, 0.717) is 0 Å². The van der Waals surface area contributed by atoms with Crippen molar-refractivity contribution < 1.29 is 23.1 Å².